The molecule has 114 valence electrons. The van der Waals surface area contributed by atoms with Crippen molar-refractivity contribution in [2.24, 2.45) is 0 Å². The molecule has 1 aliphatic rings. The highest BCUT2D eigenvalue weighted by atomic mass is 16.5. The molecule has 1 amide bonds. The van der Waals surface area contributed by atoms with E-state index in [1.54, 1.807) is 6.08 Å². The predicted molar refractivity (Wildman–Crippen MR) is 85.3 cm³/mol. The summed E-state index contributed by atoms with van der Waals surface area (Å²) in [5.41, 5.74) is 1.00. The van der Waals surface area contributed by atoms with Crippen LogP contribution in [0.1, 0.15) is 26.3 Å². The lowest BCUT2D eigenvalue weighted by atomic mass is 10.1. The first kappa shape index (κ1) is 15.6. The van der Waals surface area contributed by atoms with Crippen LogP contribution in [0.25, 0.3) is 6.08 Å². The molecule has 1 heterocycles. The average Bonchev–Trinajstić information content (AvgIpc) is 2.45. The van der Waals surface area contributed by atoms with Crippen LogP contribution in [0.3, 0.4) is 0 Å². The van der Waals surface area contributed by atoms with Gasteiger partial charge in [-0.3, -0.25) is 4.79 Å². The summed E-state index contributed by atoms with van der Waals surface area (Å²) in [6.45, 7) is 8.35. The van der Waals surface area contributed by atoms with E-state index in [1.165, 1.54) is 0 Å². The van der Waals surface area contributed by atoms with Gasteiger partial charge in [-0.05, 0) is 44.5 Å². The zero-order valence-electron chi connectivity index (χ0n) is 13.0. The highest BCUT2D eigenvalue weighted by molar-refractivity contribution is 5.91. The number of amides is 1. The molecule has 0 aliphatic carbocycles. The van der Waals surface area contributed by atoms with Gasteiger partial charge in [-0.1, -0.05) is 12.1 Å². The molecule has 0 radical (unpaired) electrons. The maximum atomic E-state index is 12.2. The number of benzene rings is 1. The van der Waals surface area contributed by atoms with Crippen LogP contribution in [0.15, 0.2) is 30.3 Å². The van der Waals surface area contributed by atoms with Gasteiger partial charge in [-0.25, -0.2) is 0 Å². The van der Waals surface area contributed by atoms with Gasteiger partial charge in [0.25, 0.3) is 0 Å². The topological polar surface area (TPSA) is 41.6 Å². The maximum Gasteiger partial charge on any atom is 0.246 e. The van der Waals surface area contributed by atoms with Gasteiger partial charge in [0.05, 0.1) is 6.61 Å². The lowest BCUT2D eigenvalue weighted by molar-refractivity contribution is -0.127. The summed E-state index contributed by atoms with van der Waals surface area (Å²) in [5.74, 6) is 0.926. The van der Waals surface area contributed by atoms with E-state index in [-0.39, 0.29) is 5.91 Å². The second-order valence-corrected chi connectivity index (χ2v) is 5.55. The van der Waals surface area contributed by atoms with E-state index >= 15 is 0 Å². The van der Waals surface area contributed by atoms with Gasteiger partial charge in [-0.2, -0.15) is 0 Å². The van der Waals surface area contributed by atoms with Gasteiger partial charge in [0.2, 0.25) is 5.91 Å². The molecule has 0 bridgehead atoms. The van der Waals surface area contributed by atoms with Crippen molar-refractivity contribution < 1.29 is 9.53 Å². The zero-order valence-corrected chi connectivity index (χ0v) is 13.0. The Bertz CT molecular complexity index is 486. The Kier molecular flexibility index (Phi) is 5.39. The third kappa shape index (κ3) is 4.60. The summed E-state index contributed by atoms with van der Waals surface area (Å²) in [6.07, 6.45) is 3.51. The van der Waals surface area contributed by atoms with Crippen LogP contribution in [-0.4, -0.2) is 42.6 Å². The summed E-state index contributed by atoms with van der Waals surface area (Å²) < 4.78 is 5.40. The van der Waals surface area contributed by atoms with Crippen molar-refractivity contribution in [2.45, 2.75) is 32.9 Å². The first-order valence-electron chi connectivity index (χ1n) is 7.54. The molecule has 2 atom stereocenters. The normalized spacial score (nSPS) is 22.5. The van der Waals surface area contributed by atoms with Gasteiger partial charge in [0, 0.05) is 31.2 Å². The maximum absolute atomic E-state index is 12.2. The highest BCUT2D eigenvalue weighted by Gasteiger charge is 2.23. The molecule has 4 nitrogen and oxygen atoms in total. The van der Waals surface area contributed by atoms with E-state index in [4.69, 9.17) is 4.74 Å². The van der Waals surface area contributed by atoms with Crippen LogP contribution in [0.2, 0.25) is 0 Å². The van der Waals surface area contributed by atoms with Crippen LogP contribution in [0.4, 0.5) is 0 Å². The predicted octanol–water partition coefficient (Wildman–Crippen LogP) is 2.31. The molecule has 21 heavy (non-hydrogen) atoms. The Hall–Kier alpha value is -1.81. The van der Waals surface area contributed by atoms with Crippen molar-refractivity contribution in [3.63, 3.8) is 0 Å². The number of hydrogen-bond donors (Lipinski definition) is 1. The van der Waals surface area contributed by atoms with Crippen molar-refractivity contribution >= 4 is 12.0 Å². The lowest BCUT2D eigenvalue weighted by Gasteiger charge is -2.35. The smallest absolute Gasteiger partial charge is 0.246 e. The summed E-state index contributed by atoms with van der Waals surface area (Å²) in [4.78, 5) is 14.1. The molecule has 1 aliphatic heterocycles. The fraction of sp³-hybridized carbons (Fsp3) is 0.471. The average molecular weight is 288 g/mol. The van der Waals surface area contributed by atoms with E-state index in [2.05, 4.69) is 19.2 Å². The largest absolute Gasteiger partial charge is 0.494 e. The number of hydrogen-bond acceptors (Lipinski definition) is 3. The number of carbonyl (C=O) groups is 1. The summed E-state index contributed by atoms with van der Waals surface area (Å²) in [5, 5.41) is 3.42. The van der Waals surface area contributed by atoms with Crippen molar-refractivity contribution in [3.05, 3.63) is 35.9 Å². The molecule has 2 rings (SSSR count). The van der Waals surface area contributed by atoms with E-state index in [1.807, 2.05) is 42.2 Å². The minimum Gasteiger partial charge on any atom is -0.494 e. The zero-order chi connectivity index (χ0) is 15.2. The number of piperazine rings is 1. The third-order valence-electron chi connectivity index (χ3n) is 3.48. The Balaban J connectivity index is 1.95. The monoisotopic (exact) mass is 288 g/mol. The van der Waals surface area contributed by atoms with Crippen molar-refractivity contribution in [3.8, 4) is 5.75 Å². The Morgan fingerprint density at radius 1 is 1.29 bits per heavy atom. The second kappa shape index (κ2) is 7.27. The molecule has 0 saturated carbocycles. The lowest BCUT2D eigenvalue weighted by Crippen LogP contribution is -2.55. The number of nitrogens with one attached hydrogen (secondary N) is 1. The molecular weight excluding hydrogens is 264 g/mol. The molecular formula is C17H24N2O2. The van der Waals surface area contributed by atoms with Crippen LogP contribution in [0.5, 0.6) is 5.75 Å². The van der Waals surface area contributed by atoms with Crippen LogP contribution in [0, 0.1) is 0 Å². The fourth-order valence-corrected chi connectivity index (χ4v) is 2.62. The van der Waals surface area contributed by atoms with E-state index in [0.717, 1.165) is 24.4 Å². The number of ether oxygens (including phenoxy) is 1. The molecule has 1 N–H and O–H groups in total. The Morgan fingerprint density at radius 3 is 2.48 bits per heavy atom. The number of nitrogens with zero attached hydrogens (tertiary/aromatic N) is 1. The molecule has 1 aromatic carbocycles. The van der Waals surface area contributed by atoms with Gasteiger partial charge in [0.15, 0.2) is 0 Å². The first-order valence-corrected chi connectivity index (χ1v) is 7.54. The van der Waals surface area contributed by atoms with Gasteiger partial charge in [-0.15, -0.1) is 0 Å². The molecule has 4 heteroatoms. The molecule has 0 aromatic heterocycles. The van der Waals surface area contributed by atoms with Crippen molar-refractivity contribution in [1.82, 2.24) is 10.2 Å². The van der Waals surface area contributed by atoms with Crippen molar-refractivity contribution in [1.29, 1.82) is 0 Å². The Morgan fingerprint density at radius 2 is 1.90 bits per heavy atom. The molecule has 1 aromatic rings. The number of rotatable bonds is 4. The molecule has 2 unspecified atom stereocenters. The van der Waals surface area contributed by atoms with Gasteiger partial charge < -0.3 is 15.0 Å². The molecule has 1 saturated heterocycles. The standard InChI is InChI=1S/C17H24N2O2/c1-4-21-16-8-5-15(6-9-16)7-10-17(20)19-11-13(2)18-14(3)12-19/h5-10,13-14,18H,4,11-12H2,1-3H3/b10-7+. The minimum absolute atomic E-state index is 0.0732. The van der Waals surface area contributed by atoms with E-state index in [0.29, 0.717) is 18.7 Å². The van der Waals surface area contributed by atoms with Gasteiger partial charge >= 0.3 is 0 Å². The second-order valence-electron chi connectivity index (χ2n) is 5.55. The van der Waals surface area contributed by atoms with Gasteiger partial charge in [0.1, 0.15) is 5.75 Å². The summed E-state index contributed by atoms with van der Waals surface area (Å²) in [6, 6.07) is 8.44. The van der Waals surface area contributed by atoms with E-state index in [9.17, 15) is 4.79 Å². The SMILES string of the molecule is CCOc1ccc(/C=C/C(=O)N2CC(C)NC(C)C2)cc1. The first-order chi connectivity index (χ1) is 10.1. The molecule has 1 fully saturated rings. The third-order valence-corrected chi connectivity index (χ3v) is 3.48. The van der Waals surface area contributed by atoms with Crippen LogP contribution >= 0.6 is 0 Å². The Labute approximate surface area is 126 Å². The van der Waals surface area contributed by atoms with Crippen molar-refractivity contribution in [2.75, 3.05) is 19.7 Å². The summed E-state index contributed by atoms with van der Waals surface area (Å²) >= 11 is 0. The van der Waals surface area contributed by atoms with Crippen LogP contribution in [-0.2, 0) is 4.79 Å². The quantitative estimate of drug-likeness (QED) is 0.865. The molecule has 0 spiro atoms. The number of carbonyl (C=O) groups excluding carboxylic acids is 1. The van der Waals surface area contributed by atoms with E-state index < -0.39 is 0 Å². The fourth-order valence-electron chi connectivity index (χ4n) is 2.62. The highest BCUT2D eigenvalue weighted by Crippen LogP contribution is 2.13. The minimum atomic E-state index is 0.0732. The summed E-state index contributed by atoms with van der Waals surface area (Å²) in [7, 11) is 0. The van der Waals surface area contributed by atoms with Crippen LogP contribution < -0.4 is 10.1 Å².